The van der Waals surface area contributed by atoms with Crippen molar-refractivity contribution in [2.24, 2.45) is 0 Å². The lowest BCUT2D eigenvalue weighted by molar-refractivity contribution is 0.0600. The Morgan fingerprint density at radius 2 is 1.75 bits per heavy atom. The fourth-order valence-corrected chi connectivity index (χ4v) is 5.12. The Bertz CT molecular complexity index is 1300. The molecule has 0 aliphatic rings. The Labute approximate surface area is 217 Å². The van der Waals surface area contributed by atoms with Gasteiger partial charge >= 0.3 is 5.97 Å². The summed E-state index contributed by atoms with van der Waals surface area (Å²) in [7, 11) is -1.93. The highest BCUT2D eigenvalue weighted by Gasteiger charge is 2.19. The Hall–Kier alpha value is -3.13. The minimum Gasteiger partial charge on any atom is -0.507 e. The maximum atomic E-state index is 12.7. The molecule has 0 spiro atoms. The van der Waals surface area contributed by atoms with Crippen LogP contribution in [-0.4, -0.2) is 35.1 Å². The SMILES string of the molecule is CCP(=O)(O)Cc1cc(C)c(Oc2ccc(O)c(C(=O)NCc3ccc(C(=O)OC)cc3)c2)c(Br)c1. The smallest absolute Gasteiger partial charge is 0.337 e. The summed E-state index contributed by atoms with van der Waals surface area (Å²) in [5.74, 6) is -0.327. The van der Waals surface area contributed by atoms with Gasteiger partial charge in [0.1, 0.15) is 17.2 Å². The van der Waals surface area contributed by atoms with Crippen molar-refractivity contribution in [3.05, 3.63) is 86.9 Å². The molecule has 10 heteroatoms. The van der Waals surface area contributed by atoms with E-state index in [2.05, 4.69) is 26.0 Å². The highest BCUT2D eigenvalue weighted by Crippen LogP contribution is 2.45. The van der Waals surface area contributed by atoms with Crippen LogP contribution < -0.4 is 10.1 Å². The number of methoxy groups -OCH3 is 1. The molecular formula is C26H27BrNO7P. The summed E-state index contributed by atoms with van der Waals surface area (Å²) in [4.78, 5) is 34.3. The van der Waals surface area contributed by atoms with E-state index in [-0.39, 0.29) is 30.2 Å². The monoisotopic (exact) mass is 575 g/mol. The number of phenols is 1. The summed E-state index contributed by atoms with van der Waals surface area (Å²) in [6.07, 6.45) is 0.261. The predicted octanol–water partition coefficient (Wildman–Crippen LogP) is 5.76. The zero-order valence-electron chi connectivity index (χ0n) is 20.1. The number of benzene rings is 3. The molecule has 0 aliphatic carbocycles. The Balaban J connectivity index is 1.73. The van der Waals surface area contributed by atoms with E-state index >= 15 is 0 Å². The Kier molecular flexibility index (Phi) is 8.95. The molecule has 1 unspecified atom stereocenters. The van der Waals surface area contributed by atoms with Crippen LogP contribution in [0, 0.1) is 6.92 Å². The van der Waals surface area contributed by atoms with Crippen molar-refractivity contribution in [2.45, 2.75) is 26.6 Å². The molecule has 0 radical (unpaired) electrons. The topological polar surface area (TPSA) is 122 Å². The third-order valence-corrected chi connectivity index (χ3v) is 7.91. The first-order valence-electron chi connectivity index (χ1n) is 11.1. The van der Waals surface area contributed by atoms with Crippen LogP contribution in [0.4, 0.5) is 0 Å². The molecule has 0 fully saturated rings. The molecule has 3 aromatic rings. The van der Waals surface area contributed by atoms with Gasteiger partial charge in [0.05, 0.1) is 22.7 Å². The van der Waals surface area contributed by atoms with Gasteiger partial charge in [-0.15, -0.1) is 0 Å². The van der Waals surface area contributed by atoms with Gasteiger partial charge in [0, 0.05) is 18.9 Å². The lowest BCUT2D eigenvalue weighted by Gasteiger charge is -2.15. The number of esters is 1. The largest absolute Gasteiger partial charge is 0.507 e. The van der Waals surface area contributed by atoms with Gasteiger partial charge < -0.3 is 24.8 Å². The van der Waals surface area contributed by atoms with E-state index < -0.39 is 19.2 Å². The van der Waals surface area contributed by atoms with Crippen LogP contribution in [0.2, 0.25) is 0 Å². The second-order valence-corrected chi connectivity index (χ2v) is 11.7. The lowest BCUT2D eigenvalue weighted by atomic mass is 10.1. The third kappa shape index (κ3) is 6.97. The Morgan fingerprint density at radius 1 is 1.06 bits per heavy atom. The quantitative estimate of drug-likeness (QED) is 0.219. The van der Waals surface area contributed by atoms with Gasteiger partial charge in [0.15, 0.2) is 0 Å². The molecule has 36 heavy (non-hydrogen) atoms. The lowest BCUT2D eigenvalue weighted by Crippen LogP contribution is -2.23. The van der Waals surface area contributed by atoms with Crippen LogP contribution in [0.5, 0.6) is 17.2 Å². The number of rotatable bonds is 9. The van der Waals surface area contributed by atoms with Crippen LogP contribution >= 0.6 is 23.3 Å². The van der Waals surface area contributed by atoms with Crippen molar-refractivity contribution < 1.29 is 33.6 Å². The summed E-state index contributed by atoms with van der Waals surface area (Å²) < 4.78 is 23.4. The average molecular weight is 576 g/mol. The summed E-state index contributed by atoms with van der Waals surface area (Å²) in [5, 5.41) is 13.0. The number of aromatic hydroxyl groups is 1. The molecular weight excluding hydrogens is 549 g/mol. The summed E-state index contributed by atoms with van der Waals surface area (Å²) in [5.41, 5.74) is 2.65. The van der Waals surface area contributed by atoms with Crippen molar-refractivity contribution in [3.8, 4) is 17.2 Å². The molecule has 3 rings (SSSR count). The molecule has 0 saturated heterocycles. The average Bonchev–Trinajstić information content (AvgIpc) is 2.85. The van der Waals surface area contributed by atoms with E-state index in [4.69, 9.17) is 4.74 Å². The normalized spacial score (nSPS) is 12.5. The van der Waals surface area contributed by atoms with E-state index in [0.717, 1.165) is 11.1 Å². The molecule has 0 aromatic heterocycles. The van der Waals surface area contributed by atoms with Gasteiger partial charge in [-0.05, 0) is 75.9 Å². The number of amides is 1. The number of halogens is 1. The van der Waals surface area contributed by atoms with Crippen LogP contribution in [0.15, 0.2) is 59.1 Å². The minimum absolute atomic E-state index is 0.0354. The van der Waals surface area contributed by atoms with Crippen molar-refractivity contribution in [1.29, 1.82) is 0 Å². The van der Waals surface area contributed by atoms with Gasteiger partial charge in [0.25, 0.3) is 5.91 Å². The van der Waals surface area contributed by atoms with E-state index in [9.17, 15) is 24.2 Å². The standard InChI is InChI=1S/C26H27BrNO7P/c1-4-36(32,33)15-18-11-16(2)24(22(27)12-18)35-20-9-10-23(29)21(13-20)25(30)28-14-17-5-7-19(8-6-17)26(31)34-3/h5-13,29H,4,14-15H2,1-3H3,(H,28,30)(H,32,33). The number of hydrogen-bond acceptors (Lipinski definition) is 6. The van der Waals surface area contributed by atoms with Gasteiger partial charge in [-0.3, -0.25) is 9.36 Å². The molecule has 0 bridgehead atoms. The van der Waals surface area contributed by atoms with Crippen LogP contribution in [0.1, 0.15) is 44.3 Å². The van der Waals surface area contributed by atoms with Crippen molar-refractivity contribution in [2.75, 3.05) is 13.3 Å². The minimum atomic E-state index is -3.23. The zero-order valence-corrected chi connectivity index (χ0v) is 22.6. The van der Waals surface area contributed by atoms with Gasteiger partial charge in [-0.25, -0.2) is 4.79 Å². The number of carbonyl (C=O) groups excluding carboxylic acids is 2. The maximum Gasteiger partial charge on any atom is 0.337 e. The van der Waals surface area contributed by atoms with E-state index in [1.807, 2.05) is 6.92 Å². The van der Waals surface area contributed by atoms with Crippen LogP contribution in [0.25, 0.3) is 0 Å². The molecule has 0 aliphatic heterocycles. The Morgan fingerprint density at radius 3 is 2.36 bits per heavy atom. The molecule has 0 saturated carbocycles. The molecule has 1 atom stereocenters. The van der Waals surface area contributed by atoms with Gasteiger partial charge in [0.2, 0.25) is 7.37 Å². The molecule has 190 valence electrons. The van der Waals surface area contributed by atoms with E-state index in [1.165, 1.54) is 25.3 Å². The summed E-state index contributed by atoms with van der Waals surface area (Å²) >= 11 is 3.46. The zero-order chi connectivity index (χ0) is 26.5. The van der Waals surface area contributed by atoms with Crippen molar-refractivity contribution >= 4 is 35.2 Å². The molecule has 3 N–H and O–H groups in total. The first kappa shape index (κ1) is 27.5. The number of phenolic OH excluding ortho intramolecular Hbond substituents is 1. The summed E-state index contributed by atoms with van der Waals surface area (Å²) in [6, 6.07) is 14.5. The molecule has 0 heterocycles. The fraction of sp³-hybridized carbons (Fsp3) is 0.231. The highest BCUT2D eigenvalue weighted by atomic mass is 79.9. The first-order chi connectivity index (χ1) is 17.0. The first-order valence-corrected chi connectivity index (χ1v) is 13.9. The summed E-state index contributed by atoms with van der Waals surface area (Å²) in [6.45, 7) is 3.68. The van der Waals surface area contributed by atoms with Gasteiger partial charge in [-0.2, -0.15) is 0 Å². The van der Waals surface area contributed by atoms with Crippen molar-refractivity contribution in [1.82, 2.24) is 5.32 Å². The number of carbonyl (C=O) groups is 2. The van der Waals surface area contributed by atoms with Crippen LogP contribution in [-0.2, 0) is 22.0 Å². The molecule has 8 nitrogen and oxygen atoms in total. The van der Waals surface area contributed by atoms with Crippen molar-refractivity contribution in [3.63, 3.8) is 0 Å². The molecule has 3 aromatic carbocycles. The second-order valence-electron chi connectivity index (χ2n) is 8.20. The number of aryl methyl sites for hydroxylation is 1. The fourth-order valence-electron chi connectivity index (χ4n) is 3.45. The number of hydrogen-bond donors (Lipinski definition) is 3. The highest BCUT2D eigenvalue weighted by molar-refractivity contribution is 9.10. The second kappa shape index (κ2) is 11.7. The van der Waals surface area contributed by atoms with Crippen LogP contribution in [0.3, 0.4) is 0 Å². The van der Waals surface area contributed by atoms with E-state index in [0.29, 0.717) is 27.1 Å². The van der Waals surface area contributed by atoms with E-state index in [1.54, 1.807) is 43.3 Å². The third-order valence-electron chi connectivity index (χ3n) is 5.47. The predicted molar refractivity (Wildman–Crippen MR) is 140 cm³/mol. The number of ether oxygens (including phenoxy) is 2. The van der Waals surface area contributed by atoms with Gasteiger partial charge in [-0.1, -0.05) is 25.1 Å². The number of nitrogens with one attached hydrogen (secondary N) is 1. The maximum absolute atomic E-state index is 12.7. The molecule has 1 amide bonds.